The highest BCUT2D eigenvalue weighted by Gasteiger charge is 2.44. The minimum absolute atomic E-state index is 0. The SMILES string of the molecule is CNc1ncnc(N2CCN(C(=O)C3(c4ccc(Cl)cc4)CCNCC3)CC2)c1Cl.Cl. The monoisotopic (exact) mass is 484 g/mol. The summed E-state index contributed by atoms with van der Waals surface area (Å²) in [5.41, 5.74) is 0.558. The molecule has 2 aliphatic heterocycles. The minimum Gasteiger partial charge on any atom is -0.372 e. The Hall–Kier alpha value is -1.80. The average Bonchev–Trinajstić information content (AvgIpc) is 2.80. The molecule has 168 valence electrons. The number of piperazine rings is 1. The van der Waals surface area contributed by atoms with Crippen molar-refractivity contribution in [3.05, 3.63) is 46.2 Å². The van der Waals surface area contributed by atoms with Gasteiger partial charge in [0.15, 0.2) is 5.82 Å². The second kappa shape index (κ2) is 10.2. The van der Waals surface area contributed by atoms with Crippen LogP contribution in [0.4, 0.5) is 11.6 Å². The van der Waals surface area contributed by atoms with Crippen molar-refractivity contribution in [2.24, 2.45) is 0 Å². The largest absolute Gasteiger partial charge is 0.372 e. The molecule has 0 spiro atoms. The number of benzene rings is 1. The number of rotatable bonds is 4. The van der Waals surface area contributed by atoms with E-state index in [2.05, 4.69) is 25.5 Å². The van der Waals surface area contributed by atoms with E-state index in [1.807, 2.05) is 29.2 Å². The quantitative estimate of drug-likeness (QED) is 0.693. The first-order chi connectivity index (χ1) is 14.5. The first-order valence-corrected chi connectivity index (χ1v) is 11.0. The van der Waals surface area contributed by atoms with Crippen LogP contribution in [-0.2, 0) is 10.2 Å². The van der Waals surface area contributed by atoms with Crippen molar-refractivity contribution in [3.8, 4) is 0 Å². The van der Waals surface area contributed by atoms with Crippen LogP contribution < -0.4 is 15.5 Å². The summed E-state index contributed by atoms with van der Waals surface area (Å²) >= 11 is 12.5. The molecule has 0 saturated carbocycles. The summed E-state index contributed by atoms with van der Waals surface area (Å²) in [5, 5.41) is 7.56. The summed E-state index contributed by atoms with van der Waals surface area (Å²) in [5.74, 6) is 1.52. The van der Waals surface area contributed by atoms with Crippen LogP contribution in [0.1, 0.15) is 18.4 Å². The fourth-order valence-electron chi connectivity index (χ4n) is 4.43. The van der Waals surface area contributed by atoms with Gasteiger partial charge >= 0.3 is 0 Å². The van der Waals surface area contributed by atoms with Gasteiger partial charge in [0.25, 0.3) is 0 Å². The number of aromatic nitrogens is 2. The zero-order chi connectivity index (χ0) is 21.1. The van der Waals surface area contributed by atoms with Crippen LogP contribution in [0.3, 0.4) is 0 Å². The summed E-state index contributed by atoms with van der Waals surface area (Å²) in [7, 11) is 1.78. The Morgan fingerprint density at radius 3 is 2.32 bits per heavy atom. The van der Waals surface area contributed by atoms with Gasteiger partial charge in [-0.15, -0.1) is 12.4 Å². The Morgan fingerprint density at radius 1 is 1.06 bits per heavy atom. The predicted octanol–water partition coefficient (Wildman–Crippen LogP) is 3.22. The van der Waals surface area contributed by atoms with Gasteiger partial charge in [-0.1, -0.05) is 35.3 Å². The molecule has 4 rings (SSSR count). The van der Waals surface area contributed by atoms with Crippen LogP contribution >= 0.6 is 35.6 Å². The van der Waals surface area contributed by atoms with Crippen molar-refractivity contribution in [1.82, 2.24) is 20.2 Å². The van der Waals surface area contributed by atoms with Crippen LogP contribution in [0.5, 0.6) is 0 Å². The molecule has 1 aromatic heterocycles. The van der Waals surface area contributed by atoms with E-state index < -0.39 is 5.41 Å². The molecule has 0 aliphatic carbocycles. The lowest BCUT2D eigenvalue weighted by molar-refractivity contribution is -0.139. The fourth-order valence-corrected chi connectivity index (χ4v) is 4.87. The first kappa shape index (κ1) is 23.9. The van der Waals surface area contributed by atoms with E-state index in [0.29, 0.717) is 47.9 Å². The van der Waals surface area contributed by atoms with E-state index in [9.17, 15) is 4.79 Å². The molecule has 1 amide bonds. The van der Waals surface area contributed by atoms with E-state index >= 15 is 0 Å². The topological polar surface area (TPSA) is 73.4 Å². The standard InChI is InChI=1S/C21H26Cl2N6O.ClH/c1-24-18-17(23)19(27-14-26-18)28-10-12-29(13-11-28)20(30)21(6-8-25-9-7-21)15-2-4-16(22)5-3-15;/h2-5,14,25H,6-13H2,1H3,(H,24,26,27);1H. The third-order valence-electron chi connectivity index (χ3n) is 6.14. The van der Waals surface area contributed by atoms with Gasteiger partial charge in [-0.3, -0.25) is 4.79 Å². The molecule has 0 bridgehead atoms. The van der Waals surface area contributed by atoms with Crippen LogP contribution in [0.2, 0.25) is 10.0 Å². The maximum atomic E-state index is 13.8. The fraction of sp³-hybridized carbons (Fsp3) is 0.476. The Morgan fingerprint density at radius 2 is 1.71 bits per heavy atom. The number of carbonyl (C=O) groups is 1. The molecule has 0 atom stereocenters. The minimum atomic E-state index is -0.496. The van der Waals surface area contributed by atoms with Gasteiger partial charge in [0.1, 0.15) is 17.2 Å². The Balaban J connectivity index is 0.00000272. The van der Waals surface area contributed by atoms with Gasteiger partial charge in [0, 0.05) is 38.2 Å². The van der Waals surface area contributed by atoms with Crippen molar-refractivity contribution < 1.29 is 4.79 Å². The van der Waals surface area contributed by atoms with Crippen molar-refractivity contribution in [3.63, 3.8) is 0 Å². The second-order valence-corrected chi connectivity index (χ2v) is 8.54. The molecule has 2 fully saturated rings. The summed E-state index contributed by atoms with van der Waals surface area (Å²) in [6, 6.07) is 7.76. The van der Waals surface area contributed by atoms with Crippen LogP contribution in [0.25, 0.3) is 0 Å². The molecule has 7 nitrogen and oxygen atoms in total. The molecule has 2 saturated heterocycles. The molecule has 1 aromatic carbocycles. The zero-order valence-electron chi connectivity index (χ0n) is 17.4. The van der Waals surface area contributed by atoms with Gasteiger partial charge in [-0.25, -0.2) is 9.97 Å². The maximum Gasteiger partial charge on any atom is 0.233 e. The number of carbonyl (C=O) groups excluding carboxylic acids is 1. The van der Waals surface area contributed by atoms with E-state index in [4.69, 9.17) is 23.2 Å². The van der Waals surface area contributed by atoms with Crippen molar-refractivity contribution in [1.29, 1.82) is 0 Å². The lowest BCUT2D eigenvalue weighted by Gasteiger charge is -2.43. The van der Waals surface area contributed by atoms with Gasteiger partial charge in [0.05, 0.1) is 5.41 Å². The van der Waals surface area contributed by atoms with E-state index in [1.165, 1.54) is 6.33 Å². The third kappa shape index (κ3) is 4.70. The van der Waals surface area contributed by atoms with Gasteiger partial charge in [-0.2, -0.15) is 0 Å². The number of nitrogens with zero attached hydrogens (tertiary/aromatic N) is 4. The van der Waals surface area contributed by atoms with Gasteiger partial charge in [0.2, 0.25) is 5.91 Å². The highest BCUT2D eigenvalue weighted by molar-refractivity contribution is 6.35. The number of hydrogen-bond donors (Lipinski definition) is 2. The van der Waals surface area contributed by atoms with E-state index in [-0.39, 0.29) is 18.3 Å². The van der Waals surface area contributed by atoms with Gasteiger partial charge < -0.3 is 20.4 Å². The highest BCUT2D eigenvalue weighted by atomic mass is 35.5. The van der Waals surface area contributed by atoms with Crippen molar-refractivity contribution in [2.45, 2.75) is 18.3 Å². The molecule has 2 aliphatic rings. The zero-order valence-corrected chi connectivity index (χ0v) is 19.7. The normalized spacial score (nSPS) is 18.3. The van der Waals surface area contributed by atoms with Crippen LogP contribution in [0, 0.1) is 0 Å². The lowest BCUT2D eigenvalue weighted by Crippen LogP contribution is -2.57. The van der Waals surface area contributed by atoms with E-state index in [0.717, 1.165) is 31.5 Å². The van der Waals surface area contributed by atoms with Crippen molar-refractivity contribution in [2.75, 3.05) is 56.5 Å². The number of hydrogen-bond acceptors (Lipinski definition) is 6. The highest BCUT2D eigenvalue weighted by Crippen LogP contribution is 2.37. The molecule has 10 heteroatoms. The summed E-state index contributed by atoms with van der Waals surface area (Å²) in [6.45, 7) is 4.30. The predicted molar refractivity (Wildman–Crippen MR) is 128 cm³/mol. The lowest BCUT2D eigenvalue weighted by atomic mass is 9.72. The third-order valence-corrected chi connectivity index (χ3v) is 6.74. The van der Waals surface area contributed by atoms with Crippen LogP contribution in [-0.4, -0.2) is 67.1 Å². The maximum absolute atomic E-state index is 13.8. The smallest absolute Gasteiger partial charge is 0.233 e. The average molecular weight is 486 g/mol. The summed E-state index contributed by atoms with van der Waals surface area (Å²) < 4.78 is 0. The molecule has 0 radical (unpaired) electrons. The van der Waals surface area contributed by atoms with Gasteiger partial charge in [-0.05, 0) is 43.6 Å². The molecular weight excluding hydrogens is 459 g/mol. The van der Waals surface area contributed by atoms with Crippen molar-refractivity contribution >= 4 is 53.2 Å². The second-order valence-electron chi connectivity index (χ2n) is 7.73. The molecule has 3 heterocycles. The molecule has 2 N–H and O–H groups in total. The summed E-state index contributed by atoms with van der Waals surface area (Å²) in [6.07, 6.45) is 3.09. The summed E-state index contributed by atoms with van der Waals surface area (Å²) in [4.78, 5) is 26.4. The molecule has 2 aromatic rings. The number of anilines is 2. The Kier molecular flexibility index (Phi) is 7.86. The van der Waals surface area contributed by atoms with E-state index in [1.54, 1.807) is 7.05 Å². The molecule has 0 unspecified atom stereocenters. The molecule has 31 heavy (non-hydrogen) atoms. The Labute approximate surface area is 198 Å². The first-order valence-electron chi connectivity index (χ1n) is 10.2. The Bertz CT molecular complexity index is 896. The number of nitrogens with one attached hydrogen (secondary N) is 2. The van der Waals surface area contributed by atoms with Crippen LogP contribution in [0.15, 0.2) is 30.6 Å². The molecular formula is C21H27Cl3N6O. The number of piperidine rings is 1. The number of halogens is 3. The number of amides is 1.